The molecule has 0 spiro atoms. The van der Waals surface area contributed by atoms with E-state index in [2.05, 4.69) is 46.9 Å². The first kappa shape index (κ1) is 30.7. The zero-order valence-corrected chi connectivity index (χ0v) is 21.1. The molecule has 0 aromatic carbocycles. The van der Waals surface area contributed by atoms with Crippen molar-refractivity contribution >= 4 is 17.9 Å². The number of aliphatic hydroxyl groups is 1. The summed E-state index contributed by atoms with van der Waals surface area (Å²) < 4.78 is 5.19. The quantitative estimate of drug-likeness (QED) is 0.249. The summed E-state index contributed by atoms with van der Waals surface area (Å²) in [5.41, 5.74) is 0.874. The van der Waals surface area contributed by atoms with Crippen molar-refractivity contribution in [1.29, 1.82) is 0 Å². The first-order chi connectivity index (χ1) is 16.8. The van der Waals surface area contributed by atoms with Gasteiger partial charge in [0.15, 0.2) is 5.60 Å². The van der Waals surface area contributed by atoms with Gasteiger partial charge in [0.25, 0.3) is 0 Å². The van der Waals surface area contributed by atoms with Gasteiger partial charge in [-0.2, -0.15) is 5.10 Å². The van der Waals surface area contributed by atoms with Crippen LogP contribution in [0.4, 0.5) is 0 Å². The number of methoxy groups -OCH3 is 1. The summed E-state index contributed by atoms with van der Waals surface area (Å²) in [5, 5.41) is 41.2. The lowest BCUT2D eigenvalue weighted by atomic mass is 9.89. The number of carboxylic acid groups (broad SMARTS) is 3. The Kier molecular flexibility index (Phi) is 12.2. The first-order valence-corrected chi connectivity index (χ1v) is 11.3. The molecule has 0 unspecified atom stereocenters. The summed E-state index contributed by atoms with van der Waals surface area (Å²) in [5.74, 6) is -5.02. The van der Waals surface area contributed by atoms with E-state index in [1.165, 1.54) is 11.3 Å². The Hall–Kier alpha value is -3.35. The fraction of sp³-hybridized carbons (Fsp3) is 0.542. The van der Waals surface area contributed by atoms with E-state index in [-0.39, 0.29) is 5.41 Å². The van der Waals surface area contributed by atoms with Gasteiger partial charge >= 0.3 is 17.9 Å². The predicted octanol–water partition coefficient (Wildman–Crippen LogP) is 1.89. The molecule has 0 saturated heterocycles. The molecule has 0 aliphatic carbocycles. The maximum absolute atomic E-state index is 10.3. The van der Waals surface area contributed by atoms with Crippen LogP contribution in [-0.2, 0) is 37.6 Å². The van der Waals surface area contributed by atoms with Crippen LogP contribution in [0.5, 0.6) is 0 Å². The maximum atomic E-state index is 10.3. The zero-order chi connectivity index (χ0) is 27.4. The van der Waals surface area contributed by atoms with E-state index < -0.39 is 36.4 Å². The summed E-state index contributed by atoms with van der Waals surface area (Å²) in [7, 11) is 1.75. The maximum Gasteiger partial charge on any atom is 0.336 e. The van der Waals surface area contributed by atoms with Gasteiger partial charge in [0.1, 0.15) is 0 Å². The van der Waals surface area contributed by atoms with Crippen LogP contribution in [0.3, 0.4) is 0 Å². The van der Waals surface area contributed by atoms with Crippen LogP contribution < -0.4 is 0 Å². The Balaban J connectivity index is 0.000000426. The molecule has 0 radical (unpaired) electrons. The highest BCUT2D eigenvalue weighted by atomic mass is 16.5. The fourth-order valence-corrected chi connectivity index (χ4v) is 3.40. The van der Waals surface area contributed by atoms with E-state index in [4.69, 9.17) is 25.2 Å². The van der Waals surface area contributed by atoms with E-state index in [1.54, 1.807) is 7.11 Å². The van der Waals surface area contributed by atoms with Gasteiger partial charge in [-0.25, -0.2) is 4.79 Å². The minimum atomic E-state index is -2.74. The van der Waals surface area contributed by atoms with Crippen LogP contribution in [0.25, 0.3) is 0 Å². The SMILES string of the molecule is COCCCN(Cc1ccccn1)Cc1cn[nH]c1C(C)(C)C.O=C(O)CC(O)(CC(=O)O)C(=O)O. The molecule has 2 heterocycles. The number of aromatic nitrogens is 3. The molecule has 0 bridgehead atoms. The topological polar surface area (TPSA) is 186 Å². The van der Waals surface area contributed by atoms with Gasteiger partial charge in [0.2, 0.25) is 0 Å². The molecular weight excluding hydrogens is 472 g/mol. The van der Waals surface area contributed by atoms with Crippen molar-refractivity contribution < 1.29 is 39.5 Å². The summed E-state index contributed by atoms with van der Waals surface area (Å²) >= 11 is 0. The molecular formula is C24H36N4O8. The second kappa shape index (κ2) is 14.3. The minimum Gasteiger partial charge on any atom is -0.481 e. The van der Waals surface area contributed by atoms with Crippen molar-refractivity contribution in [1.82, 2.24) is 20.1 Å². The average Bonchev–Trinajstić information content (AvgIpc) is 3.22. The predicted molar refractivity (Wildman–Crippen MR) is 129 cm³/mol. The molecule has 12 nitrogen and oxygen atoms in total. The number of aromatic amines is 1. The number of nitrogens with one attached hydrogen (secondary N) is 1. The van der Waals surface area contributed by atoms with Crippen LogP contribution in [0.1, 0.15) is 57.0 Å². The normalized spacial score (nSPS) is 11.6. The van der Waals surface area contributed by atoms with Gasteiger partial charge < -0.3 is 25.2 Å². The van der Waals surface area contributed by atoms with Crippen molar-refractivity contribution in [3.8, 4) is 0 Å². The number of hydrogen-bond donors (Lipinski definition) is 5. The summed E-state index contributed by atoms with van der Waals surface area (Å²) in [6.07, 6.45) is 2.51. The van der Waals surface area contributed by atoms with Gasteiger partial charge in [-0.05, 0) is 18.6 Å². The smallest absolute Gasteiger partial charge is 0.336 e. The molecule has 0 atom stereocenters. The molecule has 2 aromatic rings. The Morgan fingerprint density at radius 2 is 1.69 bits per heavy atom. The number of pyridine rings is 1. The van der Waals surface area contributed by atoms with Crippen LogP contribution in [0.2, 0.25) is 0 Å². The van der Waals surface area contributed by atoms with Gasteiger partial charge in [0, 0.05) is 56.2 Å². The number of H-pyrrole nitrogens is 1. The van der Waals surface area contributed by atoms with E-state index >= 15 is 0 Å². The molecule has 5 N–H and O–H groups in total. The number of ether oxygens (including phenoxy) is 1. The summed E-state index contributed by atoms with van der Waals surface area (Å²) in [4.78, 5) is 37.3. The molecule has 0 saturated carbocycles. The third-order valence-corrected chi connectivity index (χ3v) is 5.08. The minimum absolute atomic E-state index is 0.0645. The van der Waals surface area contributed by atoms with Gasteiger partial charge in [-0.1, -0.05) is 26.8 Å². The highest BCUT2D eigenvalue weighted by molar-refractivity contribution is 5.88. The van der Waals surface area contributed by atoms with Gasteiger partial charge in [0.05, 0.1) is 24.7 Å². The number of carbonyl (C=O) groups is 3. The number of nitrogens with zero attached hydrogens (tertiary/aromatic N) is 3. The van der Waals surface area contributed by atoms with Crippen LogP contribution in [0, 0.1) is 0 Å². The molecule has 12 heteroatoms. The molecule has 0 amide bonds. The Labute approximate surface area is 209 Å². The molecule has 0 fully saturated rings. The molecule has 2 aromatic heterocycles. The van der Waals surface area contributed by atoms with Gasteiger partial charge in [-0.3, -0.25) is 24.6 Å². The zero-order valence-electron chi connectivity index (χ0n) is 21.1. The highest BCUT2D eigenvalue weighted by Gasteiger charge is 2.40. The van der Waals surface area contributed by atoms with E-state index in [0.717, 1.165) is 38.4 Å². The largest absolute Gasteiger partial charge is 0.481 e. The Morgan fingerprint density at radius 1 is 1.06 bits per heavy atom. The summed E-state index contributed by atoms with van der Waals surface area (Å²) in [6, 6.07) is 6.06. The number of carboxylic acids is 3. The van der Waals surface area contributed by atoms with Crippen molar-refractivity contribution in [2.24, 2.45) is 0 Å². The monoisotopic (exact) mass is 508 g/mol. The third-order valence-electron chi connectivity index (χ3n) is 5.08. The van der Waals surface area contributed by atoms with Gasteiger partial charge in [-0.15, -0.1) is 0 Å². The molecule has 0 aliphatic rings. The standard InChI is InChI=1S/C18H28N4O.C6H8O7/c1-18(2,3)17-15(12-20-21-17)13-22(10-7-11-23-4)14-16-8-5-6-9-19-16;7-3(8)1-6(13,5(11)12)2-4(9)10/h5-6,8-9,12H,7,10-11,13-14H2,1-4H3,(H,20,21);13H,1-2H2,(H,7,8)(H,9,10)(H,11,12). The van der Waals surface area contributed by atoms with Crippen LogP contribution in [-0.4, -0.2) is 84.3 Å². The second-order valence-corrected chi connectivity index (χ2v) is 9.38. The second-order valence-electron chi connectivity index (χ2n) is 9.38. The van der Waals surface area contributed by atoms with Crippen LogP contribution in [0.15, 0.2) is 30.6 Å². The number of rotatable bonds is 13. The molecule has 36 heavy (non-hydrogen) atoms. The molecule has 2 rings (SSSR count). The summed E-state index contributed by atoms with van der Waals surface area (Å²) in [6.45, 7) is 10.1. The first-order valence-electron chi connectivity index (χ1n) is 11.3. The molecule has 0 aliphatic heterocycles. The lowest BCUT2D eigenvalue weighted by Crippen LogP contribution is -2.42. The molecule has 200 valence electrons. The van der Waals surface area contributed by atoms with E-state index in [1.807, 2.05) is 24.5 Å². The lowest BCUT2D eigenvalue weighted by Gasteiger charge is -2.24. The van der Waals surface area contributed by atoms with Crippen molar-refractivity contribution in [2.45, 2.75) is 64.1 Å². The Morgan fingerprint density at radius 3 is 2.17 bits per heavy atom. The fourth-order valence-electron chi connectivity index (χ4n) is 3.40. The average molecular weight is 509 g/mol. The lowest BCUT2D eigenvalue weighted by molar-refractivity contribution is -0.170. The number of hydrogen-bond acceptors (Lipinski definition) is 8. The van der Waals surface area contributed by atoms with Crippen molar-refractivity contribution in [3.63, 3.8) is 0 Å². The van der Waals surface area contributed by atoms with Crippen LogP contribution >= 0.6 is 0 Å². The number of aliphatic carboxylic acids is 3. The van der Waals surface area contributed by atoms with Crippen molar-refractivity contribution in [2.75, 3.05) is 20.3 Å². The van der Waals surface area contributed by atoms with E-state index in [9.17, 15) is 14.4 Å². The Bertz CT molecular complexity index is 956. The van der Waals surface area contributed by atoms with E-state index in [0.29, 0.717) is 0 Å². The van der Waals surface area contributed by atoms with Crippen molar-refractivity contribution in [3.05, 3.63) is 47.5 Å². The highest BCUT2D eigenvalue weighted by Crippen LogP contribution is 2.24. The third kappa shape index (κ3) is 10.9.